The normalized spacial score (nSPS) is 19.7. The van der Waals surface area contributed by atoms with Crippen LogP contribution < -0.4 is 15.7 Å². The van der Waals surface area contributed by atoms with Crippen LogP contribution in [0, 0.1) is 6.92 Å². The molecule has 2 aliphatic rings. The number of hydrogen-bond donors (Lipinski definition) is 2. The van der Waals surface area contributed by atoms with E-state index in [9.17, 15) is 19.2 Å². The molecule has 0 spiro atoms. The number of aromatic amines is 1. The number of fused-ring (bicyclic) bond motifs is 5. The van der Waals surface area contributed by atoms with Crippen molar-refractivity contribution in [3.8, 4) is 11.5 Å². The molecule has 11 nitrogen and oxygen atoms in total. The van der Waals surface area contributed by atoms with Crippen LogP contribution in [0.2, 0.25) is 0 Å². The Balaban J connectivity index is 1.41. The number of H-pyrrole nitrogens is 1. The quantitative estimate of drug-likeness (QED) is 0.447. The Kier molecular flexibility index (Phi) is 8.36. The zero-order chi connectivity index (χ0) is 30.9. The molecule has 2 aliphatic heterocycles. The number of hydrogen-bond acceptors (Lipinski definition) is 7. The number of carbonyl (C=O) groups is 3. The molecule has 1 aromatic heterocycles. The summed E-state index contributed by atoms with van der Waals surface area (Å²) in [7, 11) is 1.56. The lowest BCUT2D eigenvalue weighted by atomic mass is 9.91. The van der Waals surface area contributed by atoms with Gasteiger partial charge in [-0.05, 0) is 54.8 Å². The maximum Gasteiger partial charge on any atom is 0.345 e. The summed E-state index contributed by atoms with van der Waals surface area (Å²) in [6, 6.07) is 13.8. The average molecular weight is 588 g/mol. The summed E-state index contributed by atoms with van der Waals surface area (Å²) in [4.78, 5) is 61.8. The number of ether oxygens (including phenoxy) is 2. The minimum atomic E-state index is -0.591. The summed E-state index contributed by atoms with van der Waals surface area (Å²) in [6.07, 6.45) is 0.0412. The van der Waals surface area contributed by atoms with Crippen molar-refractivity contribution in [2.45, 2.75) is 58.3 Å². The predicted octanol–water partition coefficient (Wildman–Crippen LogP) is 3.17. The summed E-state index contributed by atoms with van der Waals surface area (Å²) in [5, 5.41) is 2.99. The van der Waals surface area contributed by atoms with E-state index >= 15 is 0 Å². The summed E-state index contributed by atoms with van der Waals surface area (Å²) < 4.78 is 12.4. The van der Waals surface area contributed by atoms with Gasteiger partial charge in [0, 0.05) is 36.8 Å². The average Bonchev–Trinajstić information content (AvgIpc) is 2.95. The molecule has 1 saturated heterocycles. The van der Waals surface area contributed by atoms with Crippen LogP contribution in [-0.2, 0) is 21.6 Å². The Hall–Kier alpha value is -4.51. The molecule has 3 amide bonds. The molecule has 3 heterocycles. The zero-order valence-corrected chi connectivity index (χ0v) is 25.1. The number of benzene rings is 2. The molecule has 0 radical (unpaired) electrons. The highest BCUT2D eigenvalue weighted by Gasteiger charge is 2.35. The number of carbonyl (C=O) groups excluding carboxylic acids is 3. The Bertz CT molecular complexity index is 1610. The molecule has 2 aromatic carbocycles. The summed E-state index contributed by atoms with van der Waals surface area (Å²) >= 11 is 0. The Morgan fingerprint density at radius 2 is 1.86 bits per heavy atom. The summed E-state index contributed by atoms with van der Waals surface area (Å²) in [6.45, 7) is 8.29. The number of aromatic nitrogens is 2. The molecule has 2 N–H and O–H groups in total. The van der Waals surface area contributed by atoms with Gasteiger partial charge in [-0.25, -0.2) is 4.79 Å². The largest absolute Gasteiger partial charge is 0.457 e. The molecule has 3 aromatic rings. The van der Waals surface area contributed by atoms with E-state index in [1.165, 1.54) is 4.90 Å². The maximum absolute atomic E-state index is 13.5. The number of aryl methyl sites for hydroxylation is 1. The highest BCUT2D eigenvalue weighted by molar-refractivity contribution is 5.97. The molecule has 5 rings (SSSR count). The van der Waals surface area contributed by atoms with Gasteiger partial charge in [-0.1, -0.05) is 39.0 Å². The predicted molar refractivity (Wildman–Crippen MR) is 159 cm³/mol. The van der Waals surface area contributed by atoms with Crippen molar-refractivity contribution in [1.29, 1.82) is 0 Å². The molecule has 4 bridgehead atoms. The third kappa shape index (κ3) is 6.94. The molecule has 11 heteroatoms. The van der Waals surface area contributed by atoms with E-state index in [1.54, 1.807) is 30.1 Å². The first kappa shape index (κ1) is 30.0. The molecule has 43 heavy (non-hydrogen) atoms. The molecule has 2 atom stereocenters. The van der Waals surface area contributed by atoms with Crippen molar-refractivity contribution in [2.24, 2.45) is 0 Å². The van der Waals surface area contributed by atoms with Gasteiger partial charge in [0.1, 0.15) is 17.2 Å². The van der Waals surface area contributed by atoms with Gasteiger partial charge in [-0.3, -0.25) is 14.4 Å². The Labute approximate surface area is 250 Å². The standard InChI is InChI=1S/C32H37N5O6/c1-19-9-10-21-14-26(19)43-22-8-6-7-20(13-22)18-42-25-11-12-37(16-24(25)33-28(38)17-36(5)29(21)39)30(40)23-15-27(32(2,3)4)35-31(41)34-23/h6-10,13-15,24-25H,11-12,16-18H2,1-5H3,(H,33,38)(H,34,35,41)/t24-,25+/m0/s1. The lowest BCUT2D eigenvalue weighted by Crippen LogP contribution is -2.58. The first-order chi connectivity index (χ1) is 20.4. The maximum atomic E-state index is 13.5. The van der Waals surface area contributed by atoms with E-state index in [1.807, 2.05) is 58.0 Å². The topological polar surface area (TPSA) is 134 Å². The van der Waals surface area contributed by atoms with Crippen molar-refractivity contribution >= 4 is 17.7 Å². The Morgan fingerprint density at radius 1 is 1.07 bits per heavy atom. The first-order valence-electron chi connectivity index (χ1n) is 14.3. The third-order valence-corrected chi connectivity index (χ3v) is 7.71. The van der Waals surface area contributed by atoms with Crippen LogP contribution in [0.3, 0.4) is 0 Å². The minimum absolute atomic E-state index is 0.0483. The van der Waals surface area contributed by atoms with Gasteiger partial charge in [0.25, 0.3) is 11.8 Å². The summed E-state index contributed by atoms with van der Waals surface area (Å²) in [5.74, 6) is 0.0496. The number of nitrogens with one attached hydrogen (secondary N) is 2. The smallest absolute Gasteiger partial charge is 0.345 e. The molecule has 0 unspecified atom stereocenters. The molecule has 1 fully saturated rings. The number of piperidine rings is 1. The van der Waals surface area contributed by atoms with Crippen molar-refractivity contribution in [1.82, 2.24) is 25.1 Å². The van der Waals surface area contributed by atoms with Crippen molar-refractivity contribution in [3.63, 3.8) is 0 Å². The van der Waals surface area contributed by atoms with Crippen LogP contribution in [0.15, 0.2) is 53.3 Å². The number of likely N-dealkylation sites (tertiary alicyclic amines) is 1. The van der Waals surface area contributed by atoms with Gasteiger partial charge in [0.2, 0.25) is 5.91 Å². The minimum Gasteiger partial charge on any atom is -0.457 e. The van der Waals surface area contributed by atoms with Gasteiger partial charge in [0.05, 0.1) is 25.3 Å². The molecular formula is C32H37N5O6. The molecule has 226 valence electrons. The lowest BCUT2D eigenvalue weighted by molar-refractivity contribution is -0.124. The van der Waals surface area contributed by atoms with Crippen LogP contribution in [0.25, 0.3) is 0 Å². The van der Waals surface area contributed by atoms with Gasteiger partial charge in [-0.15, -0.1) is 0 Å². The molecular weight excluding hydrogens is 550 g/mol. The van der Waals surface area contributed by atoms with E-state index in [0.717, 1.165) is 11.1 Å². The van der Waals surface area contributed by atoms with Crippen LogP contribution in [-0.4, -0.2) is 76.3 Å². The van der Waals surface area contributed by atoms with Crippen LogP contribution in [0.4, 0.5) is 0 Å². The van der Waals surface area contributed by atoms with Gasteiger partial charge >= 0.3 is 5.69 Å². The van der Waals surface area contributed by atoms with Crippen molar-refractivity contribution in [2.75, 3.05) is 26.7 Å². The number of rotatable bonds is 1. The van der Waals surface area contributed by atoms with Crippen LogP contribution in [0.5, 0.6) is 11.5 Å². The second-order valence-electron chi connectivity index (χ2n) is 12.2. The summed E-state index contributed by atoms with van der Waals surface area (Å²) in [5.41, 5.74) is 1.82. The molecule has 0 aliphatic carbocycles. The van der Waals surface area contributed by atoms with E-state index in [0.29, 0.717) is 35.7 Å². The fourth-order valence-corrected chi connectivity index (χ4v) is 5.22. The van der Waals surface area contributed by atoms with Gasteiger partial charge in [-0.2, -0.15) is 4.98 Å². The second-order valence-corrected chi connectivity index (χ2v) is 12.2. The monoisotopic (exact) mass is 587 g/mol. The van der Waals surface area contributed by atoms with Crippen molar-refractivity contribution in [3.05, 3.63) is 87.1 Å². The number of nitrogens with zero attached hydrogens (tertiary/aromatic N) is 3. The zero-order valence-electron chi connectivity index (χ0n) is 25.1. The van der Waals surface area contributed by atoms with Crippen LogP contribution in [0.1, 0.15) is 64.9 Å². The van der Waals surface area contributed by atoms with Crippen LogP contribution >= 0.6 is 0 Å². The fourth-order valence-electron chi connectivity index (χ4n) is 5.22. The molecule has 0 saturated carbocycles. The number of amides is 3. The highest BCUT2D eigenvalue weighted by Crippen LogP contribution is 2.28. The third-order valence-electron chi connectivity index (χ3n) is 7.71. The highest BCUT2D eigenvalue weighted by atomic mass is 16.5. The van der Waals surface area contributed by atoms with Crippen molar-refractivity contribution < 1.29 is 23.9 Å². The van der Waals surface area contributed by atoms with E-state index < -0.39 is 23.7 Å². The van der Waals surface area contributed by atoms with Gasteiger partial charge < -0.3 is 29.6 Å². The first-order valence-corrected chi connectivity index (χ1v) is 14.3. The fraction of sp³-hybridized carbons (Fsp3) is 0.406. The SMILES string of the molecule is Cc1ccc2cc1Oc1cccc(c1)CO[C@@H]1CCN(C(=O)c3cc(C(C)(C)C)[nH]c(=O)n3)C[C@@H]1NC(=O)CN(C)C2=O. The van der Waals surface area contributed by atoms with E-state index in [2.05, 4.69) is 15.3 Å². The van der Waals surface area contributed by atoms with Gasteiger partial charge in [0.15, 0.2) is 0 Å². The number of likely N-dealkylation sites (N-methyl/N-ethyl adjacent to an activating group) is 1. The Morgan fingerprint density at radius 3 is 2.63 bits per heavy atom. The lowest BCUT2D eigenvalue weighted by Gasteiger charge is -2.39. The van der Waals surface area contributed by atoms with E-state index in [-0.39, 0.29) is 42.6 Å². The second kappa shape index (κ2) is 12.0. The van der Waals surface area contributed by atoms with E-state index in [4.69, 9.17) is 9.47 Å².